The Morgan fingerprint density at radius 2 is 2.00 bits per heavy atom. The van der Waals surface area contributed by atoms with E-state index >= 15 is 0 Å². The first kappa shape index (κ1) is 12.1. The Morgan fingerprint density at radius 1 is 1.26 bits per heavy atom. The van der Waals surface area contributed by atoms with Crippen LogP contribution in [0.25, 0.3) is 0 Å². The number of Topliss-reactive ketones (excluding diaryl/α,β-unsaturated/α-hetero) is 1. The summed E-state index contributed by atoms with van der Waals surface area (Å²) in [6, 6.07) is 0. The molecular formula is C15H20O3S. The van der Waals surface area contributed by atoms with Crippen molar-refractivity contribution in [3.63, 3.8) is 0 Å². The molecule has 0 amide bonds. The highest BCUT2D eigenvalue weighted by molar-refractivity contribution is 7.93. The van der Waals surface area contributed by atoms with Crippen molar-refractivity contribution in [2.45, 2.75) is 50.0 Å². The van der Waals surface area contributed by atoms with Crippen molar-refractivity contribution in [2.75, 3.05) is 0 Å². The first-order chi connectivity index (χ1) is 8.82. The number of hydrogen-bond donors (Lipinski definition) is 0. The number of rotatable bonds is 1. The van der Waals surface area contributed by atoms with Crippen LogP contribution in [-0.2, 0) is 14.6 Å². The molecule has 0 aromatic carbocycles. The fourth-order valence-corrected chi connectivity index (χ4v) is 8.60. The third-order valence-corrected chi connectivity index (χ3v) is 9.37. The molecule has 1 aliphatic heterocycles. The van der Waals surface area contributed by atoms with Gasteiger partial charge in [0.1, 0.15) is 5.78 Å². The fourth-order valence-electron chi connectivity index (χ4n) is 5.62. The molecule has 0 N–H and O–H groups in total. The first-order valence-corrected chi connectivity index (χ1v) is 8.87. The minimum absolute atomic E-state index is 0.0788. The molecule has 3 aliphatic carbocycles. The fraction of sp³-hybridized carbons (Fsp3) is 0.800. The summed E-state index contributed by atoms with van der Waals surface area (Å²) in [5.74, 6) is 0.691. The molecule has 0 aromatic rings. The lowest BCUT2D eigenvalue weighted by Crippen LogP contribution is -2.51. The van der Waals surface area contributed by atoms with Gasteiger partial charge in [0.25, 0.3) is 0 Å². The van der Waals surface area contributed by atoms with Crippen molar-refractivity contribution in [2.24, 2.45) is 22.7 Å². The molecule has 2 saturated carbocycles. The topological polar surface area (TPSA) is 51.2 Å². The van der Waals surface area contributed by atoms with E-state index in [1.165, 1.54) is 0 Å². The summed E-state index contributed by atoms with van der Waals surface area (Å²) >= 11 is 0. The van der Waals surface area contributed by atoms with E-state index in [0.29, 0.717) is 18.8 Å². The molecule has 0 radical (unpaired) electrons. The lowest BCUT2D eigenvalue weighted by molar-refractivity contribution is -0.130. The number of hydrogen-bond acceptors (Lipinski definition) is 3. The predicted octanol–water partition coefficient (Wildman–Crippen LogP) is 2.12. The van der Waals surface area contributed by atoms with E-state index in [1.807, 2.05) is 6.08 Å². The Bertz CT molecular complexity index is 601. The zero-order valence-electron chi connectivity index (χ0n) is 11.4. The molecule has 3 fully saturated rings. The second kappa shape index (κ2) is 3.16. The van der Waals surface area contributed by atoms with Crippen molar-refractivity contribution in [1.82, 2.24) is 0 Å². The van der Waals surface area contributed by atoms with E-state index in [1.54, 1.807) is 0 Å². The Kier molecular flexibility index (Phi) is 2.02. The zero-order chi connectivity index (χ0) is 13.6. The van der Waals surface area contributed by atoms with Crippen molar-refractivity contribution in [3.8, 4) is 0 Å². The largest absolute Gasteiger partial charge is 0.299 e. The molecule has 0 unspecified atom stereocenters. The van der Waals surface area contributed by atoms with E-state index in [4.69, 9.17) is 0 Å². The number of fused-ring (bicyclic) bond motifs is 4. The van der Waals surface area contributed by atoms with E-state index in [-0.39, 0.29) is 22.4 Å². The van der Waals surface area contributed by atoms with Gasteiger partial charge in [0.2, 0.25) is 0 Å². The molecule has 0 aromatic heterocycles. The first-order valence-electron chi connectivity index (χ1n) is 7.26. The van der Waals surface area contributed by atoms with E-state index in [2.05, 4.69) is 19.9 Å². The van der Waals surface area contributed by atoms with Crippen LogP contribution in [0.4, 0.5) is 0 Å². The van der Waals surface area contributed by atoms with Gasteiger partial charge in [0.05, 0.1) is 15.9 Å². The van der Waals surface area contributed by atoms with Crippen LogP contribution in [0.2, 0.25) is 0 Å². The van der Waals surface area contributed by atoms with Gasteiger partial charge in [-0.3, -0.25) is 4.79 Å². The Morgan fingerprint density at radius 3 is 2.47 bits per heavy atom. The number of carbonyl (C=O) groups excluding carboxylic acids is 1. The van der Waals surface area contributed by atoms with Gasteiger partial charge >= 0.3 is 0 Å². The van der Waals surface area contributed by atoms with E-state index < -0.39 is 20.5 Å². The Hall–Kier alpha value is -0.640. The predicted molar refractivity (Wildman–Crippen MR) is 72.3 cm³/mol. The average Bonchev–Trinajstić information content (AvgIpc) is 2.97. The van der Waals surface area contributed by atoms with E-state index in [9.17, 15) is 13.2 Å². The number of carbonyl (C=O) groups is 1. The number of ketones is 1. The molecule has 104 valence electrons. The highest BCUT2D eigenvalue weighted by Crippen LogP contribution is 2.69. The molecule has 4 rings (SSSR count). The molecule has 4 aliphatic rings. The normalized spacial score (nSPS) is 52.2. The molecule has 0 spiro atoms. The van der Waals surface area contributed by atoms with Gasteiger partial charge in [-0.1, -0.05) is 26.0 Å². The molecule has 1 heterocycles. The second-order valence-electron chi connectivity index (χ2n) is 7.39. The zero-order valence-corrected chi connectivity index (χ0v) is 12.2. The number of sulfone groups is 1. The minimum Gasteiger partial charge on any atom is -0.299 e. The standard InChI is InChI=1S/C15H20O3S/c1-14(2)10-5-6-15(14,12(16)8-10)13-9-3-4-11(7-9)19(13,17)18/h3-4,9-11,13H,5-8H2,1-2H3/t9-,10+,11+,13-,15-/m0/s1. The smallest absolute Gasteiger partial charge is 0.161 e. The van der Waals surface area contributed by atoms with Crippen LogP contribution in [-0.4, -0.2) is 24.7 Å². The van der Waals surface area contributed by atoms with Crippen molar-refractivity contribution in [1.29, 1.82) is 0 Å². The van der Waals surface area contributed by atoms with Crippen LogP contribution in [0, 0.1) is 22.7 Å². The molecule has 4 bridgehead atoms. The lowest BCUT2D eigenvalue weighted by Gasteiger charge is -2.43. The van der Waals surface area contributed by atoms with Gasteiger partial charge < -0.3 is 0 Å². The maximum Gasteiger partial charge on any atom is 0.161 e. The molecule has 4 heteroatoms. The van der Waals surface area contributed by atoms with Crippen molar-refractivity contribution >= 4 is 15.6 Å². The third-order valence-electron chi connectivity index (χ3n) is 6.71. The SMILES string of the molecule is CC1(C)[C@@H]2CC[C@@]1([C@@H]1[C@H]3C=C[C@H](C3)S1(=O)=O)C(=O)C2. The van der Waals surface area contributed by atoms with Gasteiger partial charge in [-0.05, 0) is 36.5 Å². The van der Waals surface area contributed by atoms with Crippen LogP contribution < -0.4 is 0 Å². The maximum atomic E-state index is 12.8. The Balaban J connectivity index is 1.93. The summed E-state index contributed by atoms with van der Waals surface area (Å²) in [5, 5.41) is -0.759. The summed E-state index contributed by atoms with van der Waals surface area (Å²) in [6.45, 7) is 4.25. The Labute approximate surface area is 114 Å². The van der Waals surface area contributed by atoms with Gasteiger partial charge in [-0.25, -0.2) is 8.42 Å². The summed E-state index contributed by atoms with van der Waals surface area (Å²) in [4.78, 5) is 12.6. The molecular weight excluding hydrogens is 260 g/mol. The molecule has 1 saturated heterocycles. The lowest BCUT2D eigenvalue weighted by atomic mass is 9.64. The quantitative estimate of drug-likeness (QED) is 0.691. The van der Waals surface area contributed by atoms with Crippen LogP contribution in [0.15, 0.2) is 12.2 Å². The van der Waals surface area contributed by atoms with Gasteiger partial charge in [-0.15, -0.1) is 0 Å². The van der Waals surface area contributed by atoms with Crippen LogP contribution in [0.3, 0.4) is 0 Å². The molecule has 3 nitrogen and oxygen atoms in total. The van der Waals surface area contributed by atoms with E-state index in [0.717, 1.165) is 12.8 Å². The maximum absolute atomic E-state index is 12.8. The summed E-state index contributed by atoms with van der Waals surface area (Å²) in [6.07, 6.45) is 7.01. The average molecular weight is 280 g/mol. The second-order valence-corrected chi connectivity index (χ2v) is 9.68. The van der Waals surface area contributed by atoms with Crippen LogP contribution >= 0.6 is 0 Å². The van der Waals surface area contributed by atoms with Crippen LogP contribution in [0.5, 0.6) is 0 Å². The third kappa shape index (κ3) is 1.09. The summed E-state index contributed by atoms with van der Waals surface area (Å²) in [5.41, 5.74) is -0.749. The number of allylic oxidation sites excluding steroid dienone is 1. The highest BCUT2D eigenvalue weighted by atomic mass is 32.2. The highest BCUT2D eigenvalue weighted by Gasteiger charge is 2.72. The van der Waals surface area contributed by atoms with Crippen molar-refractivity contribution < 1.29 is 13.2 Å². The molecule has 19 heavy (non-hydrogen) atoms. The monoisotopic (exact) mass is 280 g/mol. The molecule has 5 atom stereocenters. The minimum atomic E-state index is -3.17. The van der Waals surface area contributed by atoms with Crippen LogP contribution in [0.1, 0.15) is 39.5 Å². The van der Waals surface area contributed by atoms with Gasteiger partial charge in [0.15, 0.2) is 9.84 Å². The summed E-state index contributed by atoms with van der Waals surface area (Å²) < 4.78 is 25.5. The van der Waals surface area contributed by atoms with Gasteiger partial charge in [-0.2, -0.15) is 0 Å². The van der Waals surface area contributed by atoms with Gasteiger partial charge in [0, 0.05) is 6.42 Å². The van der Waals surface area contributed by atoms with Crippen molar-refractivity contribution in [3.05, 3.63) is 12.2 Å². The summed E-state index contributed by atoms with van der Waals surface area (Å²) in [7, 11) is -3.17.